The minimum Gasteiger partial charge on any atom is -0.378 e. The summed E-state index contributed by atoms with van der Waals surface area (Å²) in [6.07, 6.45) is 0. The van der Waals surface area contributed by atoms with Crippen molar-refractivity contribution in [3.63, 3.8) is 0 Å². The number of ether oxygens (including phenoxy) is 1. The molecule has 1 saturated heterocycles. The third-order valence-corrected chi connectivity index (χ3v) is 4.78. The number of morpholine rings is 1. The van der Waals surface area contributed by atoms with Crippen molar-refractivity contribution >= 4 is 40.0 Å². The zero-order valence-electron chi connectivity index (χ0n) is 13.1. The van der Waals surface area contributed by atoms with Gasteiger partial charge in [0.05, 0.1) is 25.5 Å². The third kappa shape index (κ3) is 6.61. The van der Waals surface area contributed by atoms with Crippen molar-refractivity contribution in [2.45, 2.75) is 12.3 Å². The molecular weight excluding hydrogens is 431 g/mol. The van der Waals surface area contributed by atoms with E-state index < -0.39 is 10.0 Å². The number of halogens is 1. The van der Waals surface area contributed by atoms with Crippen LogP contribution in [0.3, 0.4) is 0 Å². The van der Waals surface area contributed by atoms with Crippen LogP contribution in [0.25, 0.3) is 0 Å². The van der Waals surface area contributed by atoms with Crippen LogP contribution in [-0.2, 0) is 27.1 Å². The number of sulfonamides is 1. The van der Waals surface area contributed by atoms with Gasteiger partial charge in [-0.05, 0) is 18.2 Å². The molecule has 0 radical (unpaired) electrons. The number of hydrogen-bond donors (Lipinski definition) is 2. The molecule has 0 atom stereocenters. The maximum atomic E-state index is 11.5. The second-order valence-electron chi connectivity index (χ2n) is 5.05. The van der Waals surface area contributed by atoms with Crippen LogP contribution in [0.2, 0.25) is 0 Å². The minimum absolute atomic E-state index is 0. The first kappa shape index (κ1) is 20.1. The fourth-order valence-electron chi connectivity index (χ4n) is 2.10. The number of nitrogens with two attached hydrogens (primary N) is 1. The van der Waals surface area contributed by atoms with Gasteiger partial charge in [0.1, 0.15) is 0 Å². The van der Waals surface area contributed by atoms with E-state index in [2.05, 4.69) is 9.71 Å². The molecule has 9 heteroatoms. The predicted octanol–water partition coefficient (Wildman–Crippen LogP) is 0.501. The summed E-state index contributed by atoms with van der Waals surface area (Å²) in [6.45, 7) is 3.34. The lowest BCUT2D eigenvalue weighted by Crippen LogP contribution is -2.44. The van der Waals surface area contributed by atoms with E-state index in [1.165, 1.54) is 7.05 Å². The van der Waals surface area contributed by atoms with Gasteiger partial charge < -0.3 is 15.4 Å². The minimum atomic E-state index is -3.24. The fraction of sp³-hybridized carbons (Fsp3) is 0.500. The van der Waals surface area contributed by atoms with E-state index in [9.17, 15) is 8.42 Å². The number of guanidine groups is 1. The van der Waals surface area contributed by atoms with Gasteiger partial charge in [0.15, 0.2) is 5.96 Å². The highest BCUT2D eigenvalue weighted by atomic mass is 127. The number of benzene rings is 1. The van der Waals surface area contributed by atoms with Gasteiger partial charge >= 0.3 is 0 Å². The van der Waals surface area contributed by atoms with Crippen LogP contribution in [0.1, 0.15) is 11.1 Å². The number of nitrogens with one attached hydrogen (secondary N) is 1. The fourth-order valence-corrected chi connectivity index (χ4v) is 2.87. The summed E-state index contributed by atoms with van der Waals surface area (Å²) in [5.74, 6) is 0.494. The maximum Gasteiger partial charge on any atom is 0.215 e. The first-order valence-electron chi connectivity index (χ1n) is 7.12. The molecule has 1 aliphatic rings. The lowest BCUT2D eigenvalue weighted by atomic mass is 10.1. The largest absolute Gasteiger partial charge is 0.378 e. The molecule has 0 aromatic heterocycles. The Hall–Kier alpha value is -0.910. The summed E-state index contributed by atoms with van der Waals surface area (Å²) in [4.78, 5) is 6.37. The van der Waals surface area contributed by atoms with Crippen LogP contribution in [0.4, 0.5) is 0 Å². The average Bonchev–Trinajstić information content (AvgIpc) is 2.54. The Labute approximate surface area is 154 Å². The van der Waals surface area contributed by atoms with E-state index in [1.807, 2.05) is 17.0 Å². The van der Waals surface area contributed by atoms with E-state index in [1.54, 1.807) is 12.1 Å². The molecule has 130 valence electrons. The second-order valence-corrected chi connectivity index (χ2v) is 6.98. The Morgan fingerprint density at radius 3 is 2.39 bits per heavy atom. The van der Waals surface area contributed by atoms with Crippen molar-refractivity contribution in [2.24, 2.45) is 10.7 Å². The smallest absolute Gasteiger partial charge is 0.215 e. The molecule has 7 nitrogen and oxygen atoms in total. The van der Waals surface area contributed by atoms with E-state index in [0.717, 1.165) is 24.2 Å². The Bertz CT molecular complexity index is 613. The number of rotatable bonds is 5. The molecule has 0 amide bonds. The molecule has 1 aliphatic heterocycles. The van der Waals surface area contributed by atoms with Crippen LogP contribution in [-0.4, -0.2) is 52.6 Å². The van der Waals surface area contributed by atoms with Crippen LogP contribution in [0.5, 0.6) is 0 Å². The monoisotopic (exact) mass is 454 g/mol. The highest BCUT2D eigenvalue weighted by Crippen LogP contribution is 2.09. The Morgan fingerprint density at radius 1 is 1.26 bits per heavy atom. The van der Waals surface area contributed by atoms with Crippen molar-refractivity contribution in [3.8, 4) is 0 Å². The molecule has 0 bridgehead atoms. The van der Waals surface area contributed by atoms with E-state index in [-0.39, 0.29) is 29.7 Å². The lowest BCUT2D eigenvalue weighted by Gasteiger charge is -2.27. The summed E-state index contributed by atoms with van der Waals surface area (Å²) in [5, 5.41) is 0. The standard InChI is InChI=1S/C14H22N4O3S.HI/c1-16-22(19,20)11-13-4-2-12(3-5-13)10-17-14(15)18-6-8-21-9-7-18;/h2-5,16H,6-11H2,1H3,(H2,15,17);1H. The van der Waals surface area contributed by atoms with E-state index in [4.69, 9.17) is 10.5 Å². The van der Waals surface area contributed by atoms with Gasteiger partial charge in [-0.1, -0.05) is 24.3 Å². The molecule has 0 saturated carbocycles. The number of nitrogens with zero attached hydrogens (tertiary/aromatic N) is 2. The summed E-state index contributed by atoms with van der Waals surface area (Å²) in [7, 11) is -1.83. The van der Waals surface area contributed by atoms with Crippen LogP contribution >= 0.6 is 24.0 Å². The highest BCUT2D eigenvalue weighted by Gasteiger charge is 2.12. The SMILES string of the molecule is CNS(=O)(=O)Cc1ccc(CN=C(N)N2CCOCC2)cc1.I. The van der Waals surface area contributed by atoms with Crippen LogP contribution < -0.4 is 10.5 Å². The highest BCUT2D eigenvalue weighted by molar-refractivity contribution is 14.0. The van der Waals surface area contributed by atoms with Crippen molar-refractivity contribution in [3.05, 3.63) is 35.4 Å². The zero-order valence-corrected chi connectivity index (χ0v) is 16.2. The summed E-state index contributed by atoms with van der Waals surface area (Å²) in [6, 6.07) is 7.34. The summed E-state index contributed by atoms with van der Waals surface area (Å²) >= 11 is 0. The van der Waals surface area contributed by atoms with Gasteiger partial charge in [0, 0.05) is 13.1 Å². The molecule has 1 aromatic rings. The normalized spacial score (nSPS) is 16.0. The van der Waals surface area contributed by atoms with Crippen molar-refractivity contribution in [1.82, 2.24) is 9.62 Å². The average molecular weight is 454 g/mol. The summed E-state index contributed by atoms with van der Waals surface area (Å²) in [5.41, 5.74) is 7.69. The van der Waals surface area contributed by atoms with Gasteiger partial charge in [-0.2, -0.15) is 0 Å². The van der Waals surface area contributed by atoms with Gasteiger partial charge in [0.2, 0.25) is 10.0 Å². The summed E-state index contributed by atoms with van der Waals surface area (Å²) < 4.78 is 30.5. The topological polar surface area (TPSA) is 97.0 Å². The van der Waals surface area contributed by atoms with Crippen molar-refractivity contribution in [2.75, 3.05) is 33.4 Å². The zero-order chi connectivity index (χ0) is 16.0. The molecule has 0 spiro atoms. The predicted molar refractivity (Wildman–Crippen MR) is 101 cm³/mol. The number of hydrogen-bond acceptors (Lipinski definition) is 4. The van der Waals surface area contributed by atoms with Crippen LogP contribution in [0.15, 0.2) is 29.3 Å². The molecule has 3 N–H and O–H groups in total. The molecule has 2 rings (SSSR count). The quantitative estimate of drug-likeness (QED) is 0.384. The lowest BCUT2D eigenvalue weighted by molar-refractivity contribution is 0.0674. The first-order chi connectivity index (χ1) is 10.5. The molecular formula is C14H23IN4O3S. The van der Waals surface area contributed by atoms with Crippen LogP contribution in [0, 0.1) is 0 Å². The Morgan fingerprint density at radius 2 is 1.83 bits per heavy atom. The first-order valence-corrected chi connectivity index (χ1v) is 8.77. The second kappa shape index (κ2) is 9.40. The Balaban J connectivity index is 0.00000264. The molecule has 1 heterocycles. The maximum absolute atomic E-state index is 11.5. The number of aliphatic imine (C=N–C) groups is 1. The van der Waals surface area contributed by atoms with Gasteiger partial charge in [-0.3, -0.25) is 0 Å². The molecule has 1 fully saturated rings. The molecule has 23 heavy (non-hydrogen) atoms. The van der Waals surface area contributed by atoms with Crippen molar-refractivity contribution in [1.29, 1.82) is 0 Å². The van der Waals surface area contributed by atoms with Gasteiger partial charge in [-0.25, -0.2) is 18.1 Å². The Kier molecular flexibility index (Phi) is 8.23. The van der Waals surface area contributed by atoms with Crippen molar-refractivity contribution < 1.29 is 13.2 Å². The van der Waals surface area contributed by atoms with Gasteiger partial charge in [0.25, 0.3) is 0 Å². The van der Waals surface area contributed by atoms with E-state index in [0.29, 0.717) is 25.7 Å². The molecule has 0 unspecified atom stereocenters. The van der Waals surface area contributed by atoms with Gasteiger partial charge in [-0.15, -0.1) is 24.0 Å². The molecule has 0 aliphatic carbocycles. The third-order valence-electron chi connectivity index (χ3n) is 3.45. The molecule has 1 aromatic carbocycles. The van der Waals surface area contributed by atoms with E-state index >= 15 is 0 Å².